The number of amides is 2. The zero-order valence-electron chi connectivity index (χ0n) is 15.1. The van der Waals surface area contributed by atoms with Crippen molar-refractivity contribution in [2.45, 2.75) is 6.54 Å². The first-order valence-corrected chi connectivity index (χ1v) is 9.01. The summed E-state index contributed by atoms with van der Waals surface area (Å²) < 4.78 is 24.3. The summed E-state index contributed by atoms with van der Waals surface area (Å²) in [6, 6.07) is 13.0. The number of benzene rings is 2. The van der Waals surface area contributed by atoms with Gasteiger partial charge in [-0.3, -0.25) is 4.90 Å². The molecule has 2 aromatic rings. The first-order chi connectivity index (χ1) is 13.2. The molecule has 0 saturated carbocycles. The maximum atomic E-state index is 13.1. The smallest absolute Gasteiger partial charge is 0.319 e. The Hall–Kier alpha value is -2.64. The van der Waals surface area contributed by atoms with E-state index in [0.29, 0.717) is 18.8 Å². The van der Waals surface area contributed by atoms with Crippen molar-refractivity contribution in [3.05, 3.63) is 59.9 Å². The molecule has 7 heteroatoms. The summed E-state index contributed by atoms with van der Waals surface area (Å²) >= 11 is 0. The molecule has 1 saturated heterocycles. The Balaban J connectivity index is 1.42. The molecule has 6 nitrogen and oxygen atoms in total. The number of hydrogen-bond donors (Lipinski definition) is 2. The topological polar surface area (TPSA) is 62.8 Å². The molecular formula is C20H24FN3O3. The van der Waals surface area contributed by atoms with E-state index in [4.69, 9.17) is 9.47 Å². The van der Waals surface area contributed by atoms with Crippen molar-refractivity contribution in [2.75, 3.05) is 44.8 Å². The number of carbonyl (C=O) groups is 1. The van der Waals surface area contributed by atoms with Crippen LogP contribution in [0.5, 0.6) is 5.75 Å². The third-order valence-corrected chi connectivity index (χ3v) is 4.21. The van der Waals surface area contributed by atoms with E-state index in [9.17, 15) is 9.18 Å². The molecule has 0 radical (unpaired) electrons. The molecule has 1 heterocycles. The van der Waals surface area contributed by atoms with Crippen LogP contribution < -0.4 is 15.4 Å². The van der Waals surface area contributed by atoms with Crippen LogP contribution in [0.2, 0.25) is 0 Å². The average molecular weight is 373 g/mol. The molecule has 1 aliphatic heterocycles. The highest BCUT2D eigenvalue weighted by molar-refractivity contribution is 5.89. The van der Waals surface area contributed by atoms with Gasteiger partial charge in [0, 0.05) is 31.9 Å². The fraction of sp³-hybridized carbons (Fsp3) is 0.350. The molecule has 27 heavy (non-hydrogen) atoms. The Kier molecular flexibility index (Phi) is 7.01. The first-order valence-electron chi connectivity index (χ1n) is 9.01. The van der Waals surface area contributed by atoms with Gasteiger partial charge in [-0.15, -0.1) is 0 Å². The Morgan fingerprint density at radius 1 is 1.15 bits per heavy atom. The zero-order valence-corrected chi connectivity index (χ0v) is 15.1. The minimum Gasteiger partial charge on any atom is -0.492 e. The highest BCUT2D eigenvalue weighted by atomic mass is 19.1. The second-order valence-electron chi connectivity index (χ2n) is 6.27. The second-order valence-corrected chi connectivity index (χ2v) is 6.27. The van der Waals surface area contributed by atoms with Crippen LogP contribution in [-0.2, 0) is 11.3 Å². The van der Waals surface area contributed by atoms with Gasteiger partial charge in [0.15, 0.2) is 0 Å². The van der Waals surface area contributed by atoms with Gasteiger partial charge in [-0.05, 0) is 35.9 Å². The fourth-order valence-corrected chi connectivity index (χ4v) is 2.79. The Morgan fingerprint density at radius 3 is 2.78 bits per heavy atom. The molecule has 2 aromatic carbocycles. The quantitative estimate of drug-likeness (QED) is 0.783. The van der Waals surface area contributed by atoms with Gasteiger partial charge >= 0.3 is 6.03 Å². The molecule has 0 unspecified atom stereocenters. The van der Waals surface area contributed by atoms with E-state index < -0.39 is 5.82 Å². The van der Waals surface area contributed by atoms with Crippen LogP contribution in [0.15, 0.2) is 48.5 Å². The SMILES string of the molecule is O=C(NCc1cccc(OCCN2CCOCC2)c1)Nc1cccc(F)c1. The Morgan fingerprint density at radius 2 is 1.96 bits per heavy atom. The van der Waals surface area contributed by atoms with Gasteiger partial charge in [-0.1, -0.05) is 18.2 Å². The van der Waals surface area contributed by atoms with Crippen LogP contribution in [0.4, 0.5) is 14.9 Å². The molecular weight excluding hydrogens is 349 g/mol. The minimum absolute atomic E-state index is 0.349. The van der Waals surface area contributed by atoms with Crippen molar-refractivity contribution >= 4 is 11.7 Å². The standard InChI is InChI=1S/C20H24FN3O3/c21-17-4-2-5-18(14-17)23-20(25)22-15-16-3-1-6-19(13-16)27-12-9-24-7-10-26-11-8-24/h1-6,13-14H,7-12,15H2,(H2,22,23,25). The van der Waals surface area contributed by atoms with Crippen molar-refractivity contribution in [3.8, 4) is 5.75 Å². The second kappa shape index (κ2) is 9.89. The number of urea groups is 1. The predicted molar refractivity (Wildman–Crippen MR) is 101 cm³/mol. The molecule has 0 atom stereocenters. The number of halogens is 1. The number of carbonyl (C=O) groups excluding carboxylic acids is 1. The van der Waals surface area contributed by atoms with Crippen molar-refractivity contribution < 1.29 is 18.7 Å². The van der Waals surface area contributed by atoms with Gasteiger partial charge in [0.1, 0.15) is 18.2 Å². The molecule has 1 fully saturated rings. The first kappa shape index (κ1) is 19.1. The summed E-state index contributed by atoms with van der Waals surface area (Å²) in [5.41, 5.74) is 1.33. The van der Waals surface area contributed by atoms with Crippen LogP contribution in [0, 0.1) is 5.82 Å². The van der Waals surface area contributed by atoms with E-state index in [1.54, 1.807) is 12.1 Å². The number of ether oxygens (including phenoxy) is 2. The third kappa shape index (κ3) is 6.54. The lowest BCUT2D eigenvalue weighted by Crippen LogP contribution is -2.38. The van der Waals surface area contributed by atoms with E-state index >= 15 is 0 Å². The lowest BCUT2D eigenvalue weighted by Gasteiger charge is -2.26. The Labute approximate surface area is 158 Å². The Bertz CT molecular complexity index is 751. The van der Waals surface area contributed by atoms with E-state index in [1.807, 2.05) is 24.3 Å². The zero-order chi connectivity index (χ0) is 18.9. The lowest BCUT2D eigenvalue weighted by molar-refractivity contribution is 0.0322. The highest BCUT2D eigenvalue weighted by Gasteiger charge is 2.10. The van der Waals surface area contributed by atoms with Gasteiger partial charge in [0.2, 0.25) is 0 Å². The maximum absolute atomic E-state index is 13.1. The number of nitrogens with zero attached hydrogens (tertiary/aromatic N) is 1. The summed E-state index contributed by atoms with van der Waals surface area (Å²) in [6.45, 7) is 5.25. The predicted octanol–water partition coefficient (Wildman–Crippen LogP) is 2.86. The number of hydrogen-bond acceptors (Lipinski definition) is 4. The van der Waals surface area contributed by atoms with E-state index in [2.05, 4.69) is 15.5 Å². The molecule has 0 spiro atoms. The van der Waals surface area contributed by atoms with Crippen molar-refractivity contribution in [3.63, 3.8) is 0 Å². The van der Waals surface area contributed by atoms with Crippen LogP contribution in [0.3, 0.4) is 0 Å². The van der Waals surface area contributed by atoms with E-state index in [-0.39, 0.29) is 6.03 Å². The molecule has 1 aliphatic rings. The average Bonchev–Trinajstić information content (AvgIpc) is 2.68. The van der Waals surface area contributed by atoms with Crippen LogP contribution >= 0.6 is 0 Å². The third-order valence-electron chi connectivity index (χ3n) is 4.21. The summed E-state index contributed by atoms with van der Waals surface area (Å²) in [7, 11) is 0. The monoisotopic (exact) mass is 373 g/mol. The molecule has 2 amide bonds. The number of morpholine rings is 1. The molecule has 0 bridgehead atoms. The van der Waals surface area contributed by atoms with Gasteiger partial charge in [0.25, 0.3) is 0 Å². The summed E-state index contributed by atoms with van der Waals surface area (Å²) in [5.74, 6) is 0.378. The van der Waals surface area contributed by atoms with Crippen molar-refractivity contribution in [2.24, 2.45) is 0 Å². The lowest BCUT2D eigenvalue weighted by atomic mass is 10.2. The molecule has 144 valence electrons. The molecule has 2 N–H and O–H groups in total. The number of rotatable bonds is 7. The van der Waals surface area contributed by atoms with Gasteiger partial charge in [-0.25, -0.2) is 9.18 Å². The maximum Gasteiger partial charge on any atom is 0.319 e. The van der Waals surface area contributed by atoms with Gasteiger partial charge in [-0.2, -0.15) is 0 Å². The molecule has 0 aliphatic carbocycles. The van der Waals surface area contributed by atoms with Crippen molar-refractivity contribution in [1.82, 2.24) is 10.2 Å². The summed E-state index contributed by atoms with van der Waals surface area (Å²) in [4.78, 5) is 14.2. The largest absolute Gasteiger partial charge is 0.492 e. The van der Waals surface area contributed by atoms with E-state index in [0.717, 1.165) is 44.2 Å². The summed E-state index contributed by atoms with van der Waals surface area (Å²) in [6.07, 6.45) is 0. The van der Waals surface area contributed by atoms with E-state index in [1.165, 1.54) is 12.1 Å². The van der Waals surface area contributed by atoms with Crippen LogP contribution in [0.1, 0.15) is 5.56 Å². The normalized spacial score (nSPS) is 14.6. The van der Waals surface area contributed by atoms with Crippen LogP contribution in [0.25, 0.3) is 0 Å². The number of nitrogens with one attached hydrogen (secondary N) is 2. The van der Waals surface area contributed by atoms with Crippen LogP contribution in [-0.4, -0.2) is 50.4 Å². The fourth-order valence-electron chi connectivity index (χ4n) is 2.79. The molecule has 0 aromatic heterocycles. The highest BCUT2D eigenvalue weighted by Crippen LogP contribution is 2.14. The van der Waals surface area contributed by atoms with Gasteiger partial charge < -0.3 is 20.1 Å². The van der Waals surface area contributed by atoms with Gasteiger partial charge in [0.05, 0.1) is 13.2 Å². The minimum atomic E-state index is -0.394. The molecule has 3 rings (SSSR count). The van der Waals surface area contributed by atoms with Crippen molar-refractivity contribution in [1.29, 1.82) is 0 Å². The summed E-state index contributed by atoms with van der Waals surface area (Å²) in [5, 5.41) is 5.35. The number of anilines is 1.